The van der Waals surface area contributed by atoms with Gasteiger partial charge < -0.3 is 9.84 Å². The molecule has 0 amide bonds. The fraction of sp³-hybridized carbons (Fsp3) is 1.00. The first-order chi connectivity index (χ1) is 7.33. The number of hydrogen-bond donors (Lipinski definition) is 1. The summed E-state index contributed by atoms with van der Waals surface area (Å²) in [6, 6.07) is 0. The zero-order valence-electron chi connectivity index (χ0n) is 9.78. The second kappa shape index (κ2) is 8.43. The van der Waals surface area contributed by atoms with Crippen molar-refractivity contribution in [2.75, 3.05) is 18.1 Å². The average molecular weight is 232 g/mol. The van der Waals surface area contributed by atoms with Crippen LogP contribution in [0.4, 0.5) is 0 Å². The summed E-state index contributed by atoms with van der Waals surface area (Å²) in [6.07, 6.45) is 7.21. The van der Waals surface area contributed by atoms with Gasteiger partial charge in [-0.25, -0.2) is 0 Å². The van der Waals surface area contributed by atoms with Gasteiger partial charge in [0.1, 0.15) is 0 Å². The molecule has 1 saturated heterocycles. The second-order valence-electron chi connectivity index (χ2n) is 4.29. The maximum Gasteiger partial charge on any atom is 0.0630 e. The fourth-order valence-corrected chi connectivity index (χ4v) is 2.79. The molecule has 0 aliphatic carbocycles. The zero-order chi connectivity index (χ0) is 10.9. The minimum Gasteiger partial charge on any atom is -0.392 e. The summed E-state index contributed by atoms with van der Waals surface area (Å²) < 4.78 is 5.55. The van der Waals surface area contributed by atoms with E-state index in [4.69, 9.17) is 4.74 Å². The van der Waals surface area contributed by atoms with Gasteiger partial charge in [-0.2, -0.15) is 11.8 Å². The largest absolute Gasteiger partial charge is 0.392 e. The SMILES string of the molecule is CCCSCC(O)CCCC1CCCO1. The Balaban J connectivity index is 1.89. The van der Waals surface area contributed by atoms with Gasteiger partial charge in [0, 0.05) is 12.4 Å². The maximum absolute atomic E-state index is 9.69. The molecular weight excluding hydrogens is 208 g/mol. The van der Waals surface area contributed by atoms with Crippen molar-refractivity contribution in [1.29, 1.82) is 0 Å². The lowest BCUT2D eigenvalue weighted by molar-refractivity contribution is 0.0966. The highest BCUT2D eigenvalue weighted by Gasteiger charge is 2.15. The van der Waals surface area contributed by atoms with Crippen LogP contribution in [0.3, 0.4) is 0 Å². The van der Waals surface area contributed by atoms with Gasteiger partial charge in [0.15, 0.2) is 0 Å². The number of ether oxygens (including phenoxy) is 1. The maximum atomic E-state index is 9.69. The van der Waals surface area contributed by atoms with Crippen LogP contribution in [0.5, 0.6) is 0 Å². The number of hydrogen-bond acceptors (Lipinski definition) is 3. The van der Waals surface area contributed by atoms with E-state index in [0.717, 1.165) is 31.6 Å². The van der Waals surface area contributed by atoms with Crippen molar-refractivity contribution >= 4 is 11.8 Å². The van der Waals surface area contributed by atoms with E-state index in [0.29, 0.717) is 6.10 Å². The van der Waals surface area contributed by atoms with Crippen LogP contribution in [0.15, 0.2) is 0 Å². The van der Waals surface area contributed by atoms with E-state index in [-0.39, 0.29) is 6.10 Å². The molecule has 0 aromatic rings. The second-order valence-corrected chi connectivity index (χ2v) is 5.44. The van der Waals surface area contributed by atoms with Crippen LogP contribution >= 0.6 is 11.8 Å². The summed E-state index contributed by atoms with van der Waals surface area (Å²) in [5.74, 6) is 2.07. The molecule has 2 nitrogen and oxygen atoms in total. The minimum absolute atomic E-state index is 0.108. The molecule has 0 aromatic heterocycles. The number of thioether (sulfide) groups is 1. The molecule has 2 unspecified atom stereocenters. The number of rotatable bonds is 8. The predicted molar refractivity (Wildman–Crippen MR) is 66.4 cm³/mol. The van der Waals surface area contributed by atoms with Crippen LogP contribution < -0.4 is 0 Å². The summed E-state index contributed by atoms with van der Waals surface area (Å²) in [5.41, 5.74) is 0. The molecule has 3 heteroatoms. The van der Waals surface area contributed by atoms with Gasteiger partial charge in [-0.3, -0.25) is 0 Å². The quantitative estimate of drug-likeness (QED) is 0.653. The zero-order valence-corrected chi connectivity index (χ0v) is 10.6. The van der Waals surface area contributed by atoms with Crippen LogP contribution in [0.25, 0.3) is 0 Å². The van der Waals surface area contributed by atoms with Crippen molar-refractivity contribution in [3.8, 4) is 0 Å². The lowest BCUT2D eigenvalue weighted by atomic mass is 10.1. The Kier molecular flexibility index (Phi) is 7.49. The Labute approximate surface area is 97.8 Å². The standard InChI is InChI=1S/C12H24O2S/c1-2-9-15-10-11(13)5-3-6-12-7-4-8-14-12/h11-13H,2-10H2,1H3. The highest BCUT2D eigenvalue weighted by atomic mass is 32.2. The minimum atomic E-state index is -0.108. The number of aliphatic hydroxyl groups excluding tert-OH is 1. The van der Waals surface area contributed by atoms with Gasteiger partial charge in [0.25, 0.3) is 0 Å². The average Bonchev–Trinajstić information content (AvgIpc) is 2.71. The molecule has 1 fully saturated rings. The number of aliphatic hydroxyl groups is 1. The van der Waals surface area contributed by atoms with E-state index in [1.54, 1.807) is 0 Å². The van der Waals surface area contributed by atoms with Crippen LogP contribution in [-0.2, 0) is 4.74 Å². The normalized spacial score (nSPS) is 23.2. The Morgan fingerprint density at radius 2 is 2.40 bits per heavy atom. The van der Waals surface area contributed by atoms with E-state index in [2.05, 4.69) is 6.92 Å². The summed E-state index contributed by atoms with van der Waals surface area (Å²) in [4.78, 5) is 0. The highest BCUT2D eigenvalue weighted by Crippen LogP contribution is 2.18. The van der Waals surface area contributed by atoms with E-state index in [9.17, 15) is 5.11 Å². The molecule has 1 aliphatic heterocycles. The Bertz CT molecular complexity index is 147. The molecule has 1 aliphatic rings. The van der Waals surface area contributed by atoms with Gasteiger partial charge in [0.2, 0.25) is 0 Å². The Morgan fingerprint density at radius 1 is 1.53 bits per heavy atom. The van der Waals surface area contributed by atoms with Crippen molar-refractivity contribution in [3.05, 3.63) is 0 Å². The van der Waals surface area contributed by atoms with Gasteiger partial charge in [-0.1, -0.05) is 6.92 Å². The predicted octanol–water partition coefficient (Wildman–Crippen LogP) is 2.84. The summed E-state index contributed by atoms with van der Waals surface area (Å²) in [5, 5.41) is 9.69. The van der Waals surface area contributed by atoms with Crippen LogP contribution in [0, 0.1) is 0 Å². The smallest absolute Gasteiger partial charge is 0.0630 e. The van der Waals surface area contributed by atoms with Crippen molar-refractivity contribution in [2.24, 2.45) is 0 Å². The lowest BCUT2D eigenvalue weighted by Crippen LogP contribution is -2.12. The first kappa shape index (κ1) is 13.3. The molecule has 0 aromatic carbocycles. The molecule has 90 valence electrons. The molecule has 1 N–H and O–H groups in total. The first-order valence-electron chi connectivity index (χ1n) is 6.20. The van der Waals surface area contributed by atoms with Gasteiger partial charge >= 0.3 is 0 Å². The summed E-state index contributed by atoms with van der Waals surface area (Å²) in [6.45, 7) is 3.12. The Hall–Kier alpha value is 0.270. The van der Waals surface area contributed by atoms with Crippen LogP contribution in [-0.4, -0.2) is 35.4 Å². The highest BCUT2D eigenvalue weighted by molar-refractivity contribution is 7.99. The topological polar surface area (TPSA) is 29.5 Å². The molecule has 1 heterocycles. The van der Waals surface area contributed by atoms with Crippen molar-refractivity contribution in [2.45, 2.75) is 57.7 Å². The molecule has 2 atom stereocenters. The summed E-state index contributed by atoms with van der Waals surface area (Å²) in [7, 11) is 0. The van der Waals surface area contributed by atoms with Crippen molar-refractivity contribution in [1.82, 2.24) is 0 Å². The van der Waals surface area contributed by atoms with E-state index < -0.39 is 0 Å². The van der Waals surface area contributed by atoms with E-state index >= 15 is 0 Å². The lowest BCUT2D eigenvalue weighted by Gasteiger charge is -2.12. The first-order valence-corrected chi connectivity index (χ1v) is 7.35. The third kappa shape index (κ3) is 6.44. The van der Waals surface area contributed by atoms with E-state index in [1.807, 2.05) is 11.8 Å². The molecule has 1 rings (SSSR count). The molecule has 0 radical (unpaired) electrons. The van der Waals surface area contributed by atoms with Gasteiger partial charge in [-0.15, -0.1) is 0 Å². The van der Waals surface area contributed by atoms with Crippen LogP contribution in [0.1, 0.15) is 45.4 Å². The third-order valence-electron chi connectivity index (χ3n) is 2.75. The molecule has 0 bridgehead atoms. The van der Waals surface area contributed by atoms with Crippen molar-refractivity contribution in [3.63, 3.8) is 0 Å². The molecule has 15 heavy (non-hydrogen) atoms. The van der Waals surface area contributed by atoms with Crippen LogP contribution in [0.2, 0.25) is 0 Å². The van der Waals surface area contributed by atoms with Gasteiger partial charge in [-0.05, 0) is 44.3 Å². The summed E-state index contributed by atoms with van der Waals surface area (Å²) >= 11 is 1.86. The fourth-order valence-electron chi connectivity index (χ4n) is 1.90. The Morgan fingerprint density at radius 3 is 3.07 bits per heavy atom. The monoisotopic (exact) mass is 232 g/mol. The third-order valence-corrected chi connectivity index (χ3v) is 4.06. The molecule has 0 spiro atoms. The molecular formula is C12H24O2S. The van der Waals surface area contributed by atoms with E-state index in [1.165, 1.54) is 25.0 Å². The van der Waals surface area contributed by atoms with Crippen molar-refractivity contribution < 1.29 is 9.84 Å². The molecule has 0 saturated carbocycles. The van der Waals surface area contributed by atoms with Gasteiger partial charge in [0.05, 0.1) is 12.2 Å².